The van der Waals surface area contributed by atoms with E-state index < -0.39 is 0 Å². The Balaban J connectivity index is 2.28. The average Bonchev–Trinajstić information content (AvgIpc) is 2.45. The first-order valence-corrected chi connectivity index (χ1v) is 7.63. The molecule has 0 amide bonds. The lowest BCUT2D eigenvalue weighted by Crippen LogP contribution is -2.16. The Morgan fingerprint density at radius 1 is 1.45 bits per heavy atom. The molecule has 1 atom stereocenters. The molecule has 2 aromatic rings. The fourth-order valence-electron chi connectivity index (χ4n) is 2.26. The van der Waals surface area contributed by atoms with Crippen LogP contribution >= 0.6 is 15.9 Å². The number of aliphatic hydroxyl groups excluding tert-OH is 1. The highest BCUT2D eigenvalue weighted by Gasteiger charge is 2.10. The largest absolute Gasteiger partial charge is 0.396 e. The molecule has 108 valence electrons. The molecule has 4 nitrogen and oxygen atoms in total. The number of pyridine rings is 1. The minimum atomic E-state index is 0.221. The Kier molecular flexibility index (Phi) is 5.20. The van der Waals surface area contributed by atoms with Crippen molar-refractivity contribution >= 4 is 38.2 Å². The summed E-state index contributed by atoms with van der Waals surface area (Å²) in [5, 5.41) is 13.5. The van der Waals surface area contributed by atoms with Gasteiger partial charge in [0.15, 0.2) is 0 Å². The van der Waals surface area contributed by atoms with Gasteiger partial charge in [-0.25, -0.2) is 0 Å². The maximum absolute atomic E-state index is 9.06. The van der Waals surface area contributed by atoms with Gasteiger partial charge in [0.1, 0.15) is 0 Å². The summed E-state index contributed by atoms with van der Waals surface area (Å²) in [4.78, 5) is 4.34. The van der Waals surface area contributed by atoms with Crippen LogP contribution in [0.15, 0.2) is 28.9 Å². The van der Waals surface area contributed by atoms with Gasteiger partial charge in [-0.05, 0) is 30.5 Å². The number of nitrogen functional groups attached to an aromatic ring is 1. The normalized spacial score (nSPS) is 12.6. The van der Waals surface area contributed by atoms with Gasteiger partial charge in [0.2, 0.25) is 0 Å². The van der Waals surface area contributed by atoms with Crippen LogP contribution in [0.3, 0.4) is 0 Å². The Morgan fingerprint density at radius 2 is 2.25 bits per heavy atom. The molecule has 1 heterocycles. The maximum atomic E-state index is 9.06. The fraction of sp³-hybridized carbons (Fsp3) is 0.400. The molecule has 4 N–H and O–H groups in total. The summed E-state index contributed by atoms with van der Waals surface area (Å²) < 4.78 is 1.00. The summed E-state index contributed by atoms with van der Waals surface area (Å²) >= 11 is 3.48. The van der Waals surface area contributed by atoms with Gasteiger partial charge >= 0.3 is 0 Å². The zero-order chi connectivity index (χ0) is 14.5. The Hall–Kier alpha value is -1.33. The van der Waals surface area contributed by atoms with Gasteiger partial charge in [0.05, 0.1) is 23.1 Å². The molecule has 0 aliphatic heterocycles. The van der Waals surface area contributed by atoms with Crippen molar-refractivity contribution in [2.24, 2.45) is 5.92 Å². The lowest BCUT2D eigenvalue weighted by atomic mass is 10.0. The minimum Gasteiger partial charge on any atom is -0.396 e. The topological polar surface area (TPSA) is 71.2 Å². The Morgan fingerprint density at radius 3 is 2.95 bits per heavy atom. The smallest absolute Gasteiger partial charge is 0.0743 e. The number of anilines is 2. The molecule has 1 aromatic heterocycles. The third kappa shape index (κ3) is 3.41. The van der Waals surface area contributed by atoms with E-state index in [4.69, 9.17) is 10.8 Å². The van der Waals surface area contributed by atoms with Gasteiger partial charge in [-0.1, -0.05) is 29.3 Å². The van der Waals surface area contributed by atoms with Crippen molar-refractivity contribution < 1.29 is 5.11 Å². The van der Waals surface area contributed by atoms with Gasteiger partial charge in [-0.15, -0.1) is 0 Å². The van der Waals surface area contributed by atoms with Crippen LogP contribution in [0.4, 0.5) is 11.4 Å². The third-order valence-electron chi connectivity index (χ3n) is 3.54. The molecule has 1 unspecified atom stereocenters. The number of nitrogens with zero attached hydrogens (tertiary/aromatic N) is 1. The molecule has 2 rings (SSSR count). The van der Waals surface area contributed by atoms with Crippen molar-refractivity contribution in [3.8, 4) is 0 Å². The second-order valence-corrected chi connectivity index (χ2v) is 5.83. The number of rotatable bonds is 6. The van der Waals surface area contributed by atoms with Crippen molar-refractivity contribution in [1.29, 1.82) is 0 Å². The quantitative estimate of drug-likeness (QED) is 0.755. The van der Waals surface area contributed by atoms with Crippen molar-refractivity contribution in [3.05, 3.63) is 28.9 Å². The van der Waals surface area contributed by atoms with Gasteiger partial charge in [0, 0.05) is 23.0 Å². The van der Waals surface area contributed by atoms with E-state index in [1.165, 1.54) is 0 Å². The van der Waals surface area contributed by atoms with Crippen LogP contribution in [0, 0.1) is 5.92 Å². The minimum absolute atomic E-state index is 0.221. The van der Waals surface area contributed by atoms with Crippen molar-refractivity contribution in [3.63, 3.8) is 0 Å². The number of aliphatic hydroxyl groups is 1. The maximum Gasteiger partial charge on any atom is 0.0743 e. The number of benzene rings is 1. The van der Waals surface area contributed by atoms with E-state index in [1.54, 1.807) is 6.20 Å². The number of fused-ring (bicyclic) bond motifs is 1. The molecule has 0 bridgehead atoms. The van der Waals surface area contributed by atoms with Crippen LogP contribution in [0.1, 0.15) is 19.8 Å². The predicted molar refractivity (Wildman–Crippen MR) is 87.8 cm³/mol. The van der Waals surface area contributed by atoms with Crippen LogP contribution in [0.25, 0.3) is 10.9 Å². The van der Waals surface area contributed by atoms with E-state index in [0.717, 1.165) is 40.4 Å². The van der Waals surface area contributed by atoms with E-state index in [2.05, 4.69) is 33.2 Å². The number of halogens is 1. The molecule has 20 heavy (non-hydrogen) atoms. The predicted octanol–water partition coefficient (Wildman–Crippen LogP) is 3.40. The van der Waals surface area contributed by atoms with Crippen molar-refractivity contribution in [2.45, 2.75) is 19.8 Å². The average molecular weight is 338 g/mol. The number of nitrogens with one attached hydrogen (secondary N) is 1. The molecule has 0 aliphatic rings. The van der Waals surface area contributed by atoms with Crippen LogP contribution < -0.4 is 11.1 Å². The van der Waals surface area contributed by atoms with E-state index >= 15 is 0 Å². The second kappa shape index (κ2) is 6.90. The molecule has 0 spiro atoms. The summed E-state index contributed by atoms with van der Waals surface area (Å²) in [5.41, 5.74) is 8.54. The first-order valence-electron chi connectivity index (χ1n) is 6.84. The van der Waals surface area contributed by atoms with Crippen LogP contribution in [-0.4, -0.2) is 23.2 Å². The lowest BCUT2D eigenvalue weighted by Gasteiger charge is -2.17. The highest BCUT2D eigenvalue weighted by molar-refractivity contribution is 9.10. The molecular formula is C15H20BrN3O. The summed E-state index contributed by atoms with van der Waals surface area (Å²) in [6.45, 7) is 3.15. The first kappa shape index (κ1) is 15.1. The fourth-order valence-corrected chi connectivity index (χ4v) is 2.62. The summed E-state index contributed by atoms with van der Waals surface area (Å²) in [6, 6.07) is 5.96. The molecular weight excluding hydrogens is 318 g/mol. The van der Waals surface area contributed by atoms with Crippen molar-refractivity contribution in [2.75, 3.05) is 24.2 Å². The molecule has 0 fully saturated rings. The number of hydrogen-bond acceptors (Lipinski definition) is 4. The molecule has 0 saturated carbocycles. The third-order valence-corrected chi connectivity index (χ3v) is 4.03. The van der Waals surface area contributed by atoms with Gasteiger partial charge in [0.25, 0.3) is 0 Å². The van der Waals surface area contributed by atoms with Crippen LogP contribution in [0.2, 0.25) is 0 Å². The zero-order valence-corrected chi connectivity index (χ0v) is 13.2. The molecule has 1 aromatic carbocycles. The first-order chi connectivity index (χ1) is 9.65. The monoisotopic (exact) mass is 337 g/mol. The molecule has 0 saturated heterocycles. The SMILES string of the molecule is CCC(CCO)CNc1c(N)cnc2ccc(Br)cc12. The molecule has 5 heteroatoms. The van der Waals surface area contributed by atoms with Gasteiger partial charge < -0.3 is 16.2 Å². The van der Waals surface area contributed by atoms with Crippen LogP contribution in [0.5, 0.6) is 0 Å². The van der Waals surface area contributed by atoms with E-state index in [1.807, 2.05) is 18.2 Å². The van der Waals surface area contributed by atoms with Gasteiger partial charge in [-0.2, -0.15) is 0 Å². The lowest BCUT2D eigenvalue weighted by molar-refractivity contribution is 0.258. The highest BCUT2D eigenvalue weighted by Crippen LogP contribution is 2.30. The number of hydrogen-bond donors (Lipinski definition) is 3. The Bertz CT molecular complexity index is 583. The summed E-state index contributed by atoms with van der Waals surface area (Å²) in [5.74, 6) is 0.440. The molecule has 0 radical (unpaired) electrons. The van der Waals surface area contributed by atoms with E-state index in [-0.39, 0.29) is 6.61 Å². The highest BCUT2D eigenvalue weighted by atomic mass is 79.9. The van der Waals surface area contributed by atoms with Crippen molar-refractivity contribution in [1.82, 2.24) is 4.98 Å². The van der Waals surface area contributed by atoms with Crippen LogP contribution in [-0.2, 0) is 0 Å². The van der Waals surface area contributed by atoms with E-state index in [0.29, 0.717) is 11.6 Å². The molecule has 0 aliphatic carbocycles. The standard InChI is InChI=1S/C15H20BrN3O/c1-2-10(5-6-20)8-19-15-12-7-11(16)3-4-14(12)18-9-13(15)17/h3-4,7,9-10,20H,2,5-6,8,17H2,1H3,(H,18,19). The van der Waals surface area contributed by atoms with E-state index in [9.17, 15) is 0 Å². The second-order valence-electron chi connectivity index (χ2n) is 4.92. The summed E-state index contributed by atoms with van der Waals surface area (Å²) in [7, 11) is 0. The summed E-state index contributed by atoms with van der Waals surface area (Å²) in [6.07, 6.45) is 3.52. The number of aromatic nitrogens is 1. The van der Waals surface area contributed by atoms with Gasteiger partial charge in [-0.3, -0.25) is 4.98 Å². The Labute approximate surface area is 127 Å². The number of nitrogens with two attached hydrogens (primary N) is 1. The zero-order valence-electron chi connectivity index (χ0n) is 11.6.